The van der Waals surface area contributed by atoms with Crippen LogP contribution >= 0.6 is 0 Å². The standard InChI is InChI=1S/C8H14O3/c1-3-4-6-5-7(9)11-8(6)10-2/h6,8H,3-5H2,1-2H3. The van der Waals surface area contributed by atoms with Gasteiger partial charge in [-0.1, -0.05) is 13.3 Å². The smallest absolute Gasteiger partial charge is 0.308 e. The van der Waals surface area contributed by atoms with Crippen molar-refractivity contribution in [1.29, 1.82) is 0 Å². The molecule has 0 aliphatic carbocycles. The van der Waals surface area contributed by atoms with Crippen molar-refractivity contribution in [1.82, 2.24) is 0 Å². The van der Waals surface area contributed by atoms with E-state index in [2.05, 4.69) is 6.92 Å². The molecule has 0 aromatic rings. The first-order valence-corrected chi connectivity index (χ1v) is 4.00. The number of cyclic esters (lactones) is 1. The van der Waals surface area contributed by atoms with E-state index in [0.29, 0.717) is 6.42 Å². The largest absolute Gasteiger partial charge is 0.435 e. The Labute approximate surface area is 66.7 Å². The van der Waals surface area contributed by atoms with Crippen LogP contribution in [0.5, 0.6) is 0 Å². The highest BCUT2D eigenvalue weighted by atomic mass is 16.7. The van der Waals surface area contributed by atoms with Crippen LogP contribution in [0.4, 0.5) is 0 Å². The van der Waals surface area contributed by atoms with Gasteiger partial charge >= 0.3 is 5.97 Å². The van der Waals surface area contributed by atoms with Crippen LogP contribution in [0.2, 0.25) is 0 Å². The number of carbonyl (C=O) groups excluding carboxylic acids is 1. The van der Waals surface area contributed by atoms with Crippen molar-refractivity contribution < 1.29 is 14.3 Å². The lowest BCUT2D eigenvalue weighted by Crippen LogP contribution is -2.17. The molecule has 0 spiro atoms. The van der Waals surface area contributed by atoms with E-state index in [4.69, 9.17) is 9.47 Å². The molecule has 1 fully saturated rings. The summed E-state index contributed by atoms with van der Waals surface area (Å²) in [5.74, 6) is 0.146. The molecule has 0 N–H and O–H groups in total. The fourth-order valence-corrected chi connectivity index (χ4v) is 1.43. The molecule has 0 aromatic heterocycles. The molecule has 2 atom stereocenters. The molecule has 1 saturated heterocycles. The van der Waals surface area contributed by atoms with Crippen molar-refractivity contribution in [3.8, 4) is 0 Å². The van der Waals surface area contributed by atoms with Crippen molar-refractivity contribution >= 4 is 5.97 Å². The fraction of sp³-hybridized carbons (Fsp3) is 0.875. The maximum absolute atomic E-state index is 10.8. The maximum atomic E-state index is 10.8. The average molecular weight is 158 g/mol. The third-order valence-corrected chi connectivity index (χ3v) is 1.95. The Morgan fingerprint density at radius 3 is 3.00 bits per heavy atom. The maximum Gasteiger partial charge on any atom is 0.308 e. The topological polar surface area (TPSA) is 35.5 Å². The van der Waals surface area contributed by atoms with Gasteiger partial charge in [0.25, 0.3) is 0 Å². The molecule has 1 aliphatic heterocycles. The van der Waals surface area contributed by atoms with Crippen LogP contribution in [-0.2, 0) is 14.3 Å². The molecule has 0 aromatic carbocycles. The van der Waals surface area contributed by atoms with Gasteiger partial charge in [0.15, 0.2) is 0 Å². The van der Waals surface area contributed by atoms with Gasteiger partial charge in [-0.2, -0.15) is 0 Å². The predicted molar refractivity (Wildman–Crippen MR) is 39.9 cm³/mol. The minimum atomic E-state index is -0.289. The van der Waals surface area contributed by atoms with Gasteiger partial charge in [0.2, 0.25) is 6.29 Å². The Bertz CT molecular complexity index is 144. The molecule has 0 saturated carbocycles. The van der Waals surface area contributed by atoms with Crippen LogP contribution in [0, 0.1) is 5.92 Å². The lowest BCUT2D eigenvalue weighted by molar-refractivity contribution is -0.161. The van der Waals surface area contributed by atoms with E-state index in [1.807, 2.05) is 0 Å². The summed E-state index contributed by atoms with van der Waals surface area (Å²) in [6, 6.07) is 0. The normalized spacial score (nSPS) is 30.5. The molecule has 2 unspecified atom stereocenters. The van der Waals surface area contributed by atoms with E-state index in [1.165, 1.54) is 0 Å². The third kappa shape index (κ3) is 1.93. The van der Waals surface area contributed by atoms with E-state index < -0.39 is 0 Å². The summed E-state index contributed by atoms with van der Waals surface area (Å²) >= 11 is 0. The summed E-state index contributed by atoms with van der Waals surface area (Å²) in [7, 11) is 1.58. The minimum absolute atomic E-state index is 0.129. The Hall–Kier alpha value is -0.570. The zero-order valence-electron chi connectivity index (χ0n) is 7.00. The van der Waals surface area contributed by atoms with Gasteiger partial charge < -0.3 is 9.47 Å². The Balaban J connectivity index is 2.43. The molecule has 0 radical (unpaired) electrons. The number of hydrogen-bond donors (Lipinski definition) is 0. The third-order valence-electron chi connectivity index (χ3n) is 1.95. The zero-order chi connectivity index (χ0) is 8.27. The second-order valence-corrected chi connectivity index (χ2v) is 2.85. The first-order valence-electron chi connectivity index (χ1n) is 4.00. The van der Waals surface area contributed by atoms with E-state index >= 15 is 0 Å². The van der Waals surface area contributed by atoms with Crippen molar-refractivity contribution in [3.63, 3.8) is 0 Å². The quantitative estimate of drug-likeness (QED) is 0.581. The molecule has 3 nitrogen and oxygen atoms in total. The van der Waals surface area contributed by atoms with Gasteiger partial charge in [-0.05, 0) is 6.42 Å². The summed E-state index contributed by atoms with van der Waals surface area (Å²) in [6.45, 7) is 2.09. The number of methoxy groups -OCH3 is 1. The number of carbonyl (C=O) groups is 1. The fourth-order valence-electron chi connectivity index (χ4n) is 1.43. The predicted octanol–water partition coefficient (Wildman–Crippen LogP) is 1.32. The highest BCUT2D eigenvalue weighted by molar-refractivity contribution is 5.71. The SMILES string of the molecule is CCCC1CC(=O)OC1OC. The number of esters is 1. The van der Waals surface area contributed by atoms with Crippen LogP contribution in [0.25, 0.3) is 0 Å². The summed E-state index contributed by atoms with van der Waals surface area (Å²) in [5.41, 5.74) is 0. The molecule has 1 rings (SSSR count). The Kier molecular flexibility index (Phi) is 2.88. The first-order chi connectivity index (χ1) is 5.27. The summed E-state index contributed by atoms with van der Waals surface area (Å²) in [5, 5.41) is 0. The second-order valence-electron chi connectivity index (χ2n) is 2.85. The molecule has 3 heteroatoms. The van der Waals surface area contributed by atoms with Crippen molar-refractivity contribution in [2.75, 3.05) is 7.11 Å². The molecule has 1 aliphatic rings. The van der Waals surface area contributed by atoms with Gasteiger partial charge in [-0.15, -0.1) is 0 Å². The average Bonchev–Trinajstić information content (AvgIpc) is 2.32. The summed E-state index contributed by atoms with van der Waals surface area (Å²) in [6.07, 6.45) is 2.31. The van der Waals surface area contributed by atoms with E-state index in [1.54, 1.807) is 7.11 Å². The van der Waals surface area contributed by atoms with E-state index in [-0.39, 0.29) is 18.2 Å². The summed E-state index contributed by atoms with van der Waals surface area (Å²) < 4.78 is 9.92. The second kappa shape index (κ2) is 3.72. The van der Waals surface area contributed by atoms with Crippen molar-refractivity contribution in [3.05, 3.63) is 0 Å². The zero-order valence-corrected chi connectivity index (χ0v) is 7.00. The molecule has 64 valence electrons. The molecular formula is C8H14O3. The highest BCUT2D eigenvalue weighted by Crippen LogP contribution is 2.26. The van der Waals surface area contributed by atoms with Gasteiger partial charge in [-0.25, -0.2) is 0 Å². The van der Waals surface area contributed by atoms with Crippen molar-refractivity contribution in [2.24, 2.45) is 5.92 Å². The van der Waals surface area contributed by atoms with Gasteiger partial charge in [0, 0.05) is 13.0 Å². The molecule has 11 heavy (non-hydrogen) atoms. The molecule has 0 amide bonds. The van der Waals surface area contributed by atoms with Gasteiger partial charge in [-0.3, -0.25) is 4.79 Å². The van der Waals surface area contributed by atoms with Crippen LogP contribution in [-0.4, -0.2) is 19.4 Å². The van der Waals surface area contributed by atoms with Crippen LogP contribution in [0.3, 0.4) is 0 Å². The number of hydrogen-bond acceptors (Lipinski definition) is 3. The van der Waals surface area contributed by atoms with Gasteiger partial charge in [0.1, 0.15) is 0 Å². The van der Waals surface area contributed by atoms with Crippen molar-refractivity contribution in [2.45, 2.75) is 32.5 Å². The van der Waals surface area contributed by atoms with Gasteiger partial charge in [0.05, 0.1) is 6.42 Å². The van der Waals surface area contributed by atoms with Crippen LogP contribution in [0.15, 0.2) is 0 Å². The minimum Gasteiger partial charge on any atom is -0.435 e. The molecule has 0 bridgehead atoms. The van der Waals surface area contributed by atoms with E-state index in [0.717, 1.165) is 12.8 Å². The lowest BCUT2D eigenvalue weighted by atomic mass is 10.0. The number of rotatable bonds is 3. The summed E-state index contributed by atoms with van der Waals surface area (Å²) in [4.78, 5) is 10.8. The van der Waals surface area contributed by atoms with E-state index in [9.17, 15) is 4.79 Å². The molecule has 1 heterocycles. The Morgan fingerprint density at radius 1 is 1.73 bits per heavy atom. The molecular weight excluding hydrogens is 144 g/mol. The first kappa shape index (κ1) is 8.53. The van der Waals surface area contributed by atoms with Crippen LogP contribution in [0.1, 0.15) is 26.2 Å². The van der Waals surface area contributed by atoms with Crippen LogP contribution < -0.4 is 0 Å². The Morgan fingerprint density at radius 2 is 2.45 bits per heavy atom. The monoisotopic (exact) mass is 158 g/mol. The number of ether oxygens (including phenoxy) is 2. The highest BCUT2D eigenvalue weighted by Gasteiger charge is 2.33. The lowest BCUT2D eigenvalue weighted by Gasteiger charge is -2.13.